The van der Waals surface area contributed by atoms with Gasteiger partial charge in [0.25, 0.3) is 0 Å². The number of halogens is 1. The zero-order chi connectivity index (χ0) is 21.9. The van der Waals surface area contributed by atoms with E-state index in [1.54, 1.807) is 0 Å². The van der Waals surface area contributed by atoms with E-state index in [9.17, 15) is 0 Å². The molecular formula is C25H32ClN5. The molecule has 0 spiro atoms. The molecular weight excluding hydrogens is 406 g/mol. The molecule has 0 saturated carbocycles. The topological polar surface area (TPSA) is 45.2 Å². The van der Waals surface area contributed by atoms with Gasteiger partial charge in [0.05, 0.1) is 0 Å². The molecule has 6 heteroatoms. The molecule has 0 N–H and O–H groups in total. The van der Waals surface area contributed by atoms with Crippen molar-refractivity contribution in [2.45, 2.75) is 52.6 Å². The largest absolute Gasteiger partial charge is 0.341 e. The number of aromatic nitrogens is 3. The molecule has 0 aliphatic carbocycles. The van der Waals surface area contributed by atoms with Crippen molar-refractivity contribution in [3.63, 3.8) is 0 Å². The van der Waals surface area contributed by atoms with Gasteiger partial charge >= 0.3 is 0 Å². The highest BCUT2D eigenvalue weighted by molar-refractivity contribution is 6.28. The molecule has 5 nitrogen and oxygen atoms in total. The van der Waals surface area contributed by atoms with Gasteiger partial charge in [0.2, 0.25) is 17.2 Å². The Morgan fingerprint density at radius 1 is 0.645 bits per heavy atom. The molecule has 1 heterocycles. The number of nitrogens with zero attached hydrogens (tertiary/aromatic N) is 5. The molecule has 31 heavy (non-hydrogen) atoms. The lowest BCUT2D eigenvalue weighted by molar-refractivity contribution is 0.657. The highest BCUT2D eigenvalue weighted by atomic mass is 35.5. The summed E-state index contributed by atoms with van der Waals surface area (Å²) in [6.07, 6.45) is 4.45. The second-order valence-electron chi connectivity index (χ2n) is 7.73. The van der Waals surface area contributed by atoms with E-state index in [-0.39, 0.29) is 5.28 Å². The van der Waals surface area contributed by atoms with Crippen LogP contribution in [0.3, 0.4) is 0 Å². The van der Waals surface area contributed by atoms with Crippen LogP contribution < -0.4 is 9.80 Å². The van der Waals surface area contributed by atoms with Crippen LogP contribution in [-0.4, -0.2) is 28.0 Å². The van der Waals surface area contributed by atoms with Gasteiger partial charge in [0, 0.05) is 26.2 Å². The second-order valence-corrected chi connectivity index (χ2v) is 8.06. The summed E-state index contributed by atoms with van der Waals surface area (Å²) in [6, 6.07) is 20.8. The van der Waals surface area contributed by atoms with E-state index >= 15 is 0 Å². The zero-order valence-corrected chi connectivity index (χ0v) is 19.3. The first-order valence-corrected chi connectivity index (χ1v) is 11.6. The number of unbranched alkanes of at least 4 members (excludes halogenated alkanes) is 2. The third kappa shape index (κ3) is 7.21. The van der Waals surface area contributed by atoms with E-state index in [0.29, 0.717) is 25.0 Å². The molecule has 3 aromatic rings. The third-order valence-corrected chi connectivity index (χ3v) is 5.31. The van der Waals surface area contributed by atoms with Gasteiger partial charge in [-0.15, -0.1) is 0 Å². The molecule has 0 aliphatic rings. The van der Waals surface area contributed by atoms with Crippen LogP contribution in [0.4, 0.5) is 11.9 Å². The van der Waals surface area contributed by atoms with E-state index in [1.165, 1.54) is 11.1 Å². The number of benzene rings is 2. The van der Waals surface area contributed by atoms with Crippen molar-refractivity contribution < 1.29 is 0 Å². The quantitative estimate of drug-likeness (QED) is 0.340. The Morgan fingerprint density at radius 3 is 1.55 bits per heavy atom. The van der Waals surface area contributed by atoms with Crippen LogP contribution in [0, 0.1) is 0 Å². The molecule has 0 bridgehead atoms. The molecule has 0 radical (unpaired) electrons. The Kier molecular flexibility index (Phi) is 9.10. The fourth-order valence-corrected chi connectivity index (χ4v) is 3.58. The van der Waals surface area contributed by atoms with Crippen molar-refractivity contribution in [1.29, 1.82) is 0 Å². The summed E-state index contributed by atoms with van der Waals surface area (Å²) in [7, 11) is 0. The van der Waals surface area contributed by atoms with Gasteiger partial charge in [0.15, 0.2) is 0 Å². The van der Waals surface area contributed by atoms with Crippen LogP contribution in [0.1, 0.15) is 50.7 Å². The molecule has 0 fully saturated rings. The van der Waals surface area contributed by atoms with Crippen LogP contribution in [0.25, 0.3) is 0 Å². The summed E-state index contributed by atoms with van der Waals surface area (Å²) in [5.74, 6) is 1.28. The smallest absolute Gasteiger partial charge is 0.232 e. The Balaban J connectivity index is 1.93. The number of anilines is 2. The molecule has 0 aliphatic heterocycles. The maximum Gasteiger partial charge on any atom is 0.232 e. The standard InChI is InChI=1S/C25H32ClN5/c1-3-5-17-30(18-6-4-2)24-27-23(26)28-25(29-24)31(19-21-13-9-7-10-14-21)20-22-15-11-8-12-16-22/h7-16H,3-6,17-20H2,1-2H3. The van der Waals surface area contributed by atoms with Gasteiger partial charge in [-0.1, -0.05) is 87.4 Å². The Labute approximate surface area is 191 Å². The Morgan fingerprint density at radius 2 is 1.10 bits per heavy atom. The number of hydrogen-bond donors (Lipinski definition) is 0. The normalized spacial score (nSPS) is 10.8. The van der Waals surface area contributed by atoms with Gasteiger partial charge in [-0.3, -0.25) is 0 Å². The lowest BCUT2D eigenvalue weighted by Crippen LogP contribution is -2.30. The first kappa shape index (κ1) is 23.0. The first-order valence-electron chi connectivity index (χ1n) is 11.2. The number of hydrogen-bond acceptors (Lipinski definition) is 5. The van der Waals surface area contributed by atoms with Gasteiger partial charge in [-0.25, -0.2) is 0 Å². The maximum atomic E-state index is 6.40. The predicted octanol–water partition coefficient (Wildman–Crippen LogP) is 6.14. The maximum absolute atomic E-state index is 6.40. The lowest BCUT2D eigenvalue weighted by atomic mass is 10.2. The van der Waals surface area contributed by atoms with Crippen molar-refractivity contribution in [3.05, 3.63) is 77.1 Å². The van der Waals surface area contributed by atoms with Crippen LogP contribution in [-0.2, 0) is 13.1 Å². The Bertz CT molecular complexity index is 855. The predicted molar refractivity (Wildman–Crippen MR) is 130 cm³/mol. The molecule has 0 unspecified atom stereocenters. The summed E-state index contributed by atoms with van der Waals surface area (Å²) in [5.41, 5.74) is 2.40. The van der Waals surface area contributed by atoms with Gasteiger partial charge < -0.3 is 9.80 Å². The highest BCUT2D eigenvalue weighted by Gasteiger charge is 2.17. The third-order valence-electron chi connectivity index (χ3n) is 5.15. The average molecular weight is 438 g/mol. The van der Waals surface area contributed by atoms with Gasteiger partial charge in [0.1, 0.15) is 0 Å². The van der Waals surface area contributed by atoms with Gasteiger partial charge in [-0.05, 0) is 35.6 Å². The van der Waals surface area contributed by atoms with E-state index in [2.05, 4.69) is 82.1 Å². The van der Waals surface area contributed by atoms with Crippen molar-refractivity contribution in [2.24, 2.45) is 0 Å². The van der Waals surface area contributed by atoms with E-state index < -0.39 is 0 Å². The van der Waals surface area contributed by atoms with Crippen LogP contribution in [0.2, 0.25) is 5.28 Å². The minimum atomic E-state index is 0.240. The van der Waals surface area contributed by atoms with Gasteiger partial charge in [-0.2, -0.15) is 15.0 Å². The van der Waals surface area contributed by atoms with Crippen molar-refractivity contribution >= 4 is 23.5 Å². The number of rotatable bonds is 12. The average Bonchev–Trinajstić information content (AvgIpc) is 2.80. The van der Waals surface area contributed by atoms with Crippen molar-refractivity contribution in [2.75, 3.05) is 22.9 Å². The van der Waals surface area contributed by atoms with Crippen LogP contribution in [0.15, 0.2) is 60.7 Å². The first-order chi connectivity index (χ1) is 15.2. The molecule has 0 amide bonds. The van der Waals surface area contributed by atoms with E-state index in [0.717, 1.165) is 38.8 Å². The van der Waals surface area contributed by atoms with Crippen LogP contribution in [0.5, 0.6) is 0 Å². The highest BCUT2D eigenvalue weighted by Crippen LogP contribution is 2.21. The summed E-state index contributed by atoms with van der Waals surface area (Å²) in [5, 5.41) is 0.240. The fourth-order valence-electron chi connectivity index (χ4n) is 3.43. The van der Waals surface area contributed by atoms with E-state index in [4.69, 9.17) is 16.6 Å². The lowest BCUT2D eigenvalue weighted by Gasteiger charge is -2.26. The molecule has 3 rings (SSSR count). The van der Waals surface area contributed by atoms with Crippen LogP contribution >= 0.6 is 11.6 Å². The Hall–Kier alpha value is -2.66. The molecule has 1 aromatic heterocycles. The zero-order valence-electron chi connectivity index (χ0n) is 18.5. The SMILES string of the molecule is CCCCN(CCCC)c1nc(Cl)nc(N(Cc2ccccc2)Cc2ccccc2)n1. The molecule has 0 atom stereocenters. The summed E-state index contributed by atoms with van der Waals surface area (Å²) in [4.78, 5) is 18.3. The monoisotopic (exact) mass is 437 g/mol. The van der Waals surface area contributed by atoms with E-state index in [1.807, 2.05) is 12.1 Å². The second kappa shape index (κ2) is 12.3. The van der Waals surface area contributed by atoms with Crippen molar-refractivity contribution in [1.82, 2.24) is 15.0 Å². The minimum absolute atomic E-state index is 0.240. The summed E-state index contributed by atoms with van der Waals surface area (Å²) < 4.78 is 0. The molecule has 0 saturated heterocycles. The van der Waals surface area contributed by atoms with Crippen molar-refractivity contribution in [3.8, 4) is 0 Å². The minimum Gasteiger partial charge on any atom is -0.341 e. The molecule has 2 aromatic carbocycles. The fraction of sp³-hybridized carbons (Fsp3) is 0.400. The summed E-state index contributed by atoms with van der Waals surface area (Å²) >= 11 is 6.40. The molecule has 164 valence electrons. The summed E-state index contributed by atoms with van der Waals surface area (Å²) in [6.45, 7) is 7.64.